The van der Waals surface area contributed by atoms with Gasteiger partial charge in [0.2, 0.25) is 5.75 Å². The summed E-state index contributed by atoms with van der Waals surface area (Å²) in [5, 5.41) is 10.7. The molecule has 1 N–H and O–H groups in total. The number of aromatic hydroxyl groups is 1. The standard InChI is InChI=1S/C23H25NO7/c1-27-16-5-3-15(4-6-16)18-13-17(25)21-19(31-18)14-20(23(28-2)22(21)26)30-12-9-24-7-10-29-11-8-24/h3-6,13-14,26H,7-12H2,1-2H3. The van der Waals surface area contributed by atoms with E-state index in [-0.39, 0.29) is 27.9 Å². The van der Waals surface area contributed by atoms with Gasteiger partial charge in [0.05, 0.1) is 27.4 Å². The molecule has 0 atom stereocenters. The molecule has 8 heteroatoms. The van der Waals surface area contributed by atoms with E-state index in [0.29, 0.717) is 49.2 Å². The molecule has 0 aliphatic carbocycles. The van der Waals surface area contributed by atoms with Gasteiger partial charge in [0.25, 0.3) is 0 Å². The fourth-order valence-corrected chi connectivity index (χ4v) is 3.57. The summed E-state index contributed by atoms with van der Waals surface area (Å²) in [6, 6.07) is 10.1. The zero-order valence-corrected chi connectivity index (χ0v) is 17.6. The predicted molar refractivity (Wildman–Crippen MR) is 115 cm³/mol. The number of rotatable bonds is 7. The molecule has 8 nitrogen and oxygen atoms in total. The van der Waals surface area contributed by atoms with E-state index >= 15 is 0 Å². The fraction of sp³-hybridized carbons (Fsp3) is 0.348. The Morgan fingerprint density at radius 1 is 1.06 bits per heavy atom. The third-order valence-corrected chi connectivity index (χ3v) is 5.26. The number of phenolic OH excluding ortho intramolecular Hbond substituents is 1. The summed E-state index contributed by atoms with van der Waals surface area (Å²) in [5.74, 6) is 1.21. The molecule has 3 aromatic rings. The molecule has 1 saturated heterocycles. The van der Waals surface area contributed by atoms with E-state index < -0.39 is 0 Å². The number of hydrogen-bond acceptors (Lipinski definition) is 8. The van der Waals surface area contributed by atoms with E-state index in [2.05, 4.69) is 4.90 Å². The molecule has 0 bridgehead atoms. The molecule has 0 unspecified atom stereocenters. The van der Waals surface area contributed by atoms with Gasteiger partial charge in [-0.15, -0.1) is 0 Å². The summed E-state index contributed by atoms with van der Waals surface area (Å²) in [6.07, 6.45) is 0. The van der Waals surface area contributed by atoms with E-state index in [1.165, 1.54) is 13.2 Å². The van der Waals surface area contributed by atoms with Crippen molar-refractivity contribution >= 4 is 11.0 Å². The second-order valence-electron chi connectivity index (χ2n) is 7.14. The molecule has 4 rings (SSSR count). The molecule has 2 aromatic carbocycles. The SMILES string of the molecule is COc1ccc(-c2cc(=O)c3c(O)c(OC)c(OCCN4CCOCC4)cc3o2)cc1. The van der Waals surface area contributed by atoms with Gasteiger partial charge in [-0.2, -0.15) is 0 Å². The van der Waals surface area contributed by atoms with Crippen molar-refractivity contribution in [1.29, 1.82) is 0 Å². The monoisotopic (exact) mass is 427 g/mol. The summed E-state index contributed by atoms with van der Waals surface area (Å²) in [5.41, 5.74) is 0.561. The lowest BCUT2D eigenvalue weighted by Crippen LogP contribution is -2.38. The van der Waals surface area contributed by atoms with Crippen molar-refractivity contribution in [1.82, 2.24) is 4.90 Å². The zero-order chi connectivity index (χ0) is 21.8. The molecule has 1 fully saturated rings. The van der Waals surface area contributed by atoms with Crippen LogP contribution in [0.1, 0.15) is 0 Å². The zero-order valence-electron chi connectivity index (χ0n) is 17.6. The first kappa shape index (κ1) is 21.0. The molecule has 31 heavy (non-hydrogen) atoms. The molecule has 164 valence electrons. The first-order valence-electron chi connectivity index (χ1n) is 10.1. The highest BCUT2D eigenvalue weighted by Gasteiger charge is 2.20. The topological polar surface area (TPSA) is 90.6 Å². The maximum Gasteiger partial charge on any atom is 0.204 e. The van der Waals surface area contributed by atoms with Crippen LogP contribution < -0.4 is 19.6 Å². The van der Waals surface area contributed by atoms with Crippen LogP contribution in [0.3, 0.4) is 0 Å². The minimum absolute atomic E-state index is 0.0506. The maximum atomic E-state index is 12.8. The minimum Gasteiger partial charge on any atom is -0.504 e. The number of benzene rings is 2. The Kier molecular flexibility index (Phi) is 6.29. The average molecular weight is 427 g/mol. The van der Waals surface area contributed by atoms with Crippen LogP contribution in [0.15, 0.2) is 45.6 Å². The van der Waals surface area contributed by atoms with Crippen LogP contribution in [0.2, 0.25) is 0 Å². The Hall–Kier alpha value is -3.23. The van der Waals surface area contributed by atoms with Crippen LogP contribution in [0.4, 0.5) is 0 Å². The summed E-state index contributed by atoms with van der Waals surface area (Å²) in [6.45, 7) is 4.22. The van der Waals surface area contributed by atoms with Crippen LogP contribution in [0.25, 0.3) is 22.3 Å². The van der Waals surface area contributed by atoms with Gasteiger partial charge in [0.15, 0.2) is 16.9 Å². The van der Waals surface area contributed by atoms with E-state index in [0.717, 1.165) is 13.1 Å². The van der Waals surface area contributed by atoms with Gasteiger partial charge < -0.3 is 28.5 Å². The molecule has 1 aliphatic rings. The summed E-state index contributed by atoms with van der Waals surface area (Å²) >= 11 is 0. The molecular weight excluding hydrogens is 402 g/mol. The number of fused-ring (bicyclic) bond motifs is 1. The smallest absolute Gasteiger partial charge is 0.204 e. The first-order valence-corrected chi connectivity index (χ1v) is 10.1. The highest BCUT2D eigenvalue weighted by atomic mass is 16.5. The largest absolute Gasteiger partial charge is 0.504 e. The van der Waals surface area contributed by atoms with E-state index in [4.69, 9.17) is 23.4 Å². The van der Waals surface area contributed by atoms with Crippen molar-refractivity contribution in [2.45, 2.75) is 0 Å². The lowest BCUT2D eigenvalue weighted by atomic mass is 10.1. The van der Waals surface area contributed by atoms with E-state index in [1.54, 1.807) is 37.4 Å². The van der Waals surface area contributed by atoms with Gasteiger partial charge in [-0.1, -0.05) is 0 Å². The van der Waals surface area contributed by atoms with Crippen LogP contribution >= 0.6 is 0 Å². The Balaban J connectivity index is 1.66. The van der Waals surface area contributed by atoms with Gasteiger partial charge in [-0.3, -0.25) is 9.69 Å². The third kappa shape index (κ3) is 4.45. The quantitative estimate of drug-likeness (QED) is 0.616. The van der Waals surface area contributed by atoms with Crippen molar-refractivity contribution in [2.24, 2.45) is 0 Å². The highest BCUT2D eigenvalue weighted by molar-refractivity contribution is 5.89. The van der Waals surface area contributed by atoms with E-state index in [9.17, 15) is 9.90 Å². The lowest BCUT2D eigenvalue weighted by Gasteiger charge is -2.26. The minimum atomic E-state index is -0.372. The summed E-state index contributed by atoms with van der Waals surface area (Å²) in [4.78, 5) is 15.0. The van der Waals surface area contributed by atoms with Gasteiger partial charge in [0, 0.05) is 37.3 Å². The molecule has 2 heterocycles. The molecule has 0 amide bonds. The van der Waals surface area contributed by atoms with Crippen LogP contribution in [-0.4, -0.2) is 63.7 Å². The average Bonchev–Trinajstić information content (AvgIpc) is 2.79. The van der Waals surface area contributed by atoms with Crippen LogP contribution in [-0.2, 0) is 4.74 Å². The van der Waals surface area contributed by atoms with Crippen molar-refractivity contribution in [3.8, 4) is 34.3 Å². The van der Waals surface area contributed by atoms with Gasteiger partial charge in [0.1, 0.15) is 29.1 Å². The molecule has 0 saturated carbocycles. The van der Waals surface area contributed by atoms with Gasteiger partial charge >= 0.3 is 0 Å². The normalized spacial score (nSPS) is 14.5. The molecular formula is C23H25NO7. The van der Waals surface area contributed by atoms with Gasteiger partial charge in [-0.25, -0.2) is 0 Å². The predicted octanol–water partition coefficient (Wildman–Crippen LogP) is 2.89. The molecule has 0 radical (unpaired) electrons. The van der Waals surface area contributed by atoms with Crippen molar-refractivity contribution in [3.05, 3.63) is 46.6 Å². The Labute approximate surface area is 179 Å². The Morgan fingerprint density at radius 3 is 2.48 bits per heavy atom. The fourth-order valence-electron chi connectivity index (χ4n) is 3.57. The van der Waals surface area contributed by atoms with Gasteiger partial charge in [-0.05, 0) is 24.3 Å². The van der Waals surface area contributed by atoms with Crippen LogP contribution in [0.5, 0.6) is 23.0 Å². The number of phenols is 1. The second-order valence-corrected chi connectivity index (χ2v) is 7.14. The summed E-state index contributed by atoms with van der Waals surface area (Å²) < 4.78 is 27.7. The number of nitrogens with zero attached hydrogens (tertiary/aromatic N) is 1. The highest BCUT2D eigenvalue weighted by Crippen LogP contribution is 2.42. The Bertz CT molecular complexity index is 1100. The molecule has 0 spiro atoms. The van der Waals surface area contributed by atoms with Crippen molar-refractivity contribution < 1.29 is 28.5 Å². The first-order chi connectivity index (χ1) is 15.1. The second kappa shape index (κ2) is 9.28. The lowest BCUT2D eigenvalue weighted by molar-refractivity contribution is 0.0321. The van der Waals surface area contributed by atoms with Crippen molar-refractivity contribution in [3.63, 3.8) is 0 Å². The maximum absolute atomic E-state index is 12.8. The number of ether oxygens (including phenoxy) is 4. The molecule has 1 aliphatic heterocycles. The summed E-state index contributed by atoms with van der Waals surface area (Å²) in [7, 11) is 3.00. The van der Waals surface area contributed by atoms with Crippen LogP contribution in [0, 0.1) is 0 Å². The number of methoxy groups -OCH3 is 2. The van der Waals surface area contributed by atoms with Crippen molar-refractivity contribution in [2.75, 3.05) is 53.7 Å². The Morgan fingerprint density at radius 2 is 1.81 bits per heavy atom. The number of morpholine rings is 1. The van der Waals surface area contributed by atoms with E-state index in [1.807, 2.05) is 0 Å². The third-order valence-electron chi connectivity index (χ3n) is 5.26. The number of hydrogen-bond donors (Lipinski definition) is 1. The molecule has 1 aromatic heterocycles.